The number of hydrogen-bond donors (Lipinski definition) is 2. The number of fused-ring (bicyclic) bond motifs is 1. The van der Waals surface area contributed by atoms with E-state index in [1.807, 2.05) is 6.07 Å². The quantitative estimate of drug-likeness (QED) is 0.245. The van der Waals surface area contributed by atoms with E-state index in [1.54, 1.807) is 0 Å². The van der Waals surface area contributed by atoms with Crippen LogP contribution in [0.4, 0.5) is 5.69 Å². The monoisotopic (exact) mass is 417 g/mol. The van der Waals surface area contributed by atoms with E-state index in [0.717, 1.165) is 24.9 Å². The number of nitrogens with two attached hydrogens (primary N) is 1. The highest BCUT2D eigenvalue weighted by Gasteiger charge is 2.10. The third-order valence-corrected chi connectivity index (χ3v) is 3.67. The van der Waals surface area contributed by atoms with Crippen LogP contribution in [0, 0.1) is 0 Å². The third kappa shape index (κ3) is 5.82. The van der Waals surface area contributed by atoms with Gasteiger partial charge >= 0.3 is 5.97 Å². The van der Waals surface area contributed by atoms with E-state index in [0.29, 0.717) is 18.9 Å². The molecule has 6 heteroatoms. The van der Waals surface area contributed by atoms with Crippen molar-refractivity contribution >= 4 is 41.6 Å². The van der Waals surface area contributed by atoms with Crippen LogP contribution >= 0.6 is 24.0 Å². The maximum atomic E-state index is 10.9. The number of esters is 1. The zero-order chi connectivity index (χ0) is 15.1. The van der Waals surface area contributed by atoms with E-state index >= 15 is 0 Å². The van der Waals surface area contributed by atoms with Crippen LogP contribution in [-0.2, 0) is 22.4 Å². The average Bonchev–Trinajstić information content (AvgIpc) is 2.94. The molecule has 1 aromatic rings. The summed E-state index contributed by atoms with van der Waals surface area (Å²) in [6, 6.07) is 6.36. The highest BCUT2D eigenvalue weighted by Crippen LogP contribution is 2.24. The lowest BCUT2D eigenvalue weighted by Crippen LogP contribution is -2.23. The minimum Gasteiger partial charge on any atom is -0.469 e. The van der Waals surface area contributed by atoms with Gasteiger partial charge in [0.25, 0.3) is 0 Å². The molecule has 122 valence electrons. The van der Waals surface area contributed by atoms with Crippen molar-refractivity contribution in [1.82, 2.24) is 0 Å². The summed E-state index contributed by atoms with van der Waals surface area (Å²) in [7, 11) is 1.40. The smallest absolute Gasteiger partial charge is 0.305 e. The van der Waals surface area contributed by atoms with Crippen molar-refractivity contribution in [2.45, 2.75) is 38.5 Å². The molecule has 0 unspecified atom stereocenters. The number of anilines is 1. The summed E-state index contributed by atoms with van der Waals surface area (Å²) in [5, 5.41) is 3.12. The molecular formula is C16H24IN3O2. The molecule has 3 N–H and O–H groups in total. The van der Waals surface area contributed by atoms with Crippen molar-refractivity contribution in [3.05, 3.63) is 29.3 Å². The van der Waals surface area contributed by atoms with Gasteiger partial charge in [0.1, 0.15) is 0 Å². The highest BCUT2D eigenvalue weighted by molar-refractivity contribution is 14.0. The fourth-order valence-corrected chi connectivity index (χ4v) is 2.52. The van der Waals surface area contributed by atoms with Gasteiger partial charge in [-0.15, -0.1) is 24.0 Å². The normalized spacial score (nSPS) is 13.2. The van der Waals surface area contributed by atoms with Crippen LogP contribution < -0.4 is 11.1 Å². The summed E-state index contributed by atoms with van der Waals surface area (Å²) in [4.78, 5) is 15.2. The molecule has 0 heterocycles. The van der Waals surface area contributed by atoms with Gasteiger partial charge < -0.3 is 15.8 Å². The second-order valence-corrected chi connectivity index (χ2v) is 5.26. The SMILES string of the molecule is COC(=O)CCCCN=C(N)Nc1ccc2c(c1)CCC2.I. The van der Waals surface area contributed by atoms with Gasteiger partial charge in [-0.2, -0.15) is 0 Å². The molecule has 0 saturated heterocycles. The molecule has 0 radical (unpaired) electrons. The molecule has 0 atom stereocenters. The van der Waals surface area contributed by atoms with Crippen LogP contribution in [-0.4, -0.2) is 25.6 Å². The molecular weight excluding hydrogens is 393 g/mol. The number of guanidine groups is 1. The first-order valence-corrected chi connectivity index (χ1v) is 7.44. The molecule has 2 rings (SSSR count). The molecule has 1 aliphatic carbocycles. The van der Waals surface area contributed by atoms with E-state index in [2.05, 4.69) is 27.2 Å². The number of nitrogens with one attached hydrogen (secondary N) is 1. The summed E-state index contributed by atoms with van der Waals surface area (Å²) < 4.78 is 4.58. The van der Waals surface area contributed by atoms with Crippen molar-refractivity contribution in [2.75, 3.05) is 19.0 Å². The van der Waals surface area contributed by atoms with Gasteiger partial charge in [-0.1, -0.05) is 6.07 Å². The molecule has 0 fully saturated rings. The number of aliphatic imine (C=N–C) groups is 1. The van der Waals surface area contributed by atoms with E-state index in [4.69, 9.17) is 5.73 Å². The second kappa shape index (κ2) is 9.66. The van der Waals surface area contributed by atoms with Gasteiger partial charge in [-0.05, 0) is 55.4 Å². The van der Waals surface area contributed by atoms with Crippen LogP contribution in [0.1, 0.15) is 36.8 Å². The van der Waals surface area contributed by atoms with Gasteiger partial charge in [0.2, 0.25) is 0 Å². The molecule has 0 saturated carbocycles. The number of hydrogen-bond acceptors (Lipinski definition) is 3. The number of carbonyl (C=O) groups excluding carboxylic acids is 1. The van der Waals surface area contributed by atoms with Crippen molar-refractivity contribution < 1.29 is 9.53 Å². The average molecular weight is 417 g/mol. The van der Waals surface area contributed by atoms with Crippen molar-refractivity contribution in [3.8, 4) is 0 Å². The predicted molar refractivity (Wildman–Crippen MR) is 99.9 cm³/mol. The Balaban J connectivity index is 0.00000242. The van der Waals surface area contributed by atoms with Gasteiger partial charge in [0.15, 0.2) is 5.96 Å². The minimum atomic E-state index is -0.178. The topological polar surface area (TPSA) is 76.7 Å². The Morgan fingerprint density at radius 3 is 2.86 bits per heavy atom. The molecule has 0 aliphatic heterocycles. The lowest BCUT2D eigenvalue weighted by Gasteiger charge is -2.08. The van der Waals surface area contributed by atoms with E-state index in [1.165, 1.54) is 31.1 Å². The van der Waals surface area contributed by atoms with E-state index in [-0.39, 0.29) is 29.9 Å². The predicted octanol–water partition coefficient (Wildman–Crippen LogP) is 2.86. The summed E-state index contributed by atoms with van der Waals surface area (Å²) in [5.74, 6) is 0.245. The molecule has 0 amide bonds. The summed E-state index contributed by atoms with van der Waals surface area (Å²) >= 11 is 0. The highest BCUT2D eigenvalue weighted by atomic mass is 127. The Hall–Kier alpha value is -1.31. The molecule has 1 aromatic carbocycles. The Morgan fingerprint density at radius 1 is 1.32 bits per heavy atom. The first kappa shape index (κ1) is 18.7. The Bertz CT molecular complexity index is 532. The second-order valence-electron chi connectivity index (χ2n) is 5.26. The maximum Gasteiger partial charge on any atom is 0.305 e. The Morgan fingerprint density at radius 2 is 2.09 bits per heavy atom. The molecule has 1 aliphatic rings. The lowest BCUT2D eigenvalue weighted by molar-refractivity contribution is -0.140. The van der Waals surface area contributed by atoms with E-state index in [9.17, 15) is 4.79 Å². The van der Waals surface area contributed by atoms with Crippen LogP contribution in [0.2, 0.25) is 0 Å². The van der Waals surface area contributed by atoms with Crippen LogP contribution in [0.15, 0.2) is 23.2 Å². The molecule has 5 nitrogen and oxygen atoms in total. The third-order valence-electron chi connectivity index (χ3n) is 3.67. The van der Waals surface area contributed by atoms with Gasteiger partial charge in [0, 0.05) is 18.7 Å². The zero-order valence-corrected chi connectivity index (χ0v) is 15.3. The number of unbranched alkanes of at least 4 members (excludes halogenated alkanes) is 1. The first-order chi connectivity index (χ1) is 10.2. The first-order valence-electron chi connectivity index (χ1n) is 7.44. The number of benzene rings is 1. The summed E-state index contributed by atoms with van der Waals surface area (Å²) in [6.45, 7) is 0.612. The fourth-order valence-electron chi connectivity index (χ4n) is 2.52. The molecule has 0 aromatic heterocycles. The summed E-state index contributed by atoms with van der Waals surface area (Å²) in [6.07, 6.45) is 5.59. The number of rotatable bonds is 6. The zero-order valence-electron chi connectivity index (χ0n) is 12.9. The van der Waals surface area contributed by atoms with E-state index < -0.39 is 0 Å². The lowest BCUT2D eigenvalue weighted by atomic mass is 10.1. The van der Waals surface area contributed by atoms with Crippen LogP contribution in [0.5, 0.6) is 0 Å². The molecule has 22 heavy (non-hydrogen) atoms. The van der Waals surface area contributed by atoms with Crippen molar-refractivity contribution in [3.63, 3.8) is 0 Å². The van der Waals surface area contributed by atoms with Crippen LogP contribution in [0.3, 0.4) is 0 Å². The molecule has 0 spiro atoms. The van der Waals surface area contributed by atoms with Crippen LogP contribution in [0.25, 0.3) is 0 Å². The fraction of sp³-hybridized carbons (Fsp3) is 0.500. The largest absolute Gasteiger partial charge is 0.469 e. The number of methoxy groups -OCH3 is 1. The number of halogens is 1. The van der Waals surface area contributed by atoms with Crippen molar-refractivity contribution in [2.24, 2.45) is 10.7 Å². The maximum absolute atomic E-state index is 10.9. The Labute approximate surface area is 148 Å². The minimum absolute atomic E-state index is 0. The standard InChI is InChI=1S/C16H23N3O2.HI/c1-21-15(20)7-2-3-10-18-16(17)19-14-9-8-12-5-4-6-13(12)11-14;/h8-9,11H,2-7,10H2,1H3,(H3,17,18,19);1H. The number of carbonyl (C=O) groups is 1. The summed E-state index contributed by atoms with van der Waals surface area (Å²) in [5.41, 5.74) is 9.71. The Kier molecular flexibility index (Phi) is 8.22. The number of nitrogens with zero attached hydrogens (tertiary/aromatic N) is 1. The number of aryl methyl sites for hydroxylation is 2. The van der Waals surface area contributed by atoms with Gasteiger partial charge in [-0.3, -0.25) is 9.79 Å². The molecule has 0 bridgehead atoms. The van der Waals surface area contributed by atoms with Gasteiger partial charge in [0.05, 0.1) is 7.11 Å². The van der Waals surface area contributed by atoms with Crippen molar-refractivity contribution in [1.29, 1.82) is 0 Å². The van der Waals surface area contributed by atoms with Gasteiger partial charge in [-0.25, -0.2) is 0 Å². The number of ether oxygens (including phenoxy) is 1.